The van der Waals surface area contributed by atoms with Crippen molar-refractivity contribution in [2.24, 2.45) is 0 Å². The number of morpholine rings is 1. The van der Waals surface area contributed by atoms with Gasteiger partial charge in [0.2, 0.25) is 0 Å². The van der Waals surface area contributed by atoms with Gasteiger partial charge in [0.05, 0.1) is 23.6 Å². The Balaban J connectivity index is 2.16. The van der Waals surface area contributed by atoms with Crippen LogP contribution in [0.25, 0.3) is 0 Å². The molecule has 1 aliphatic heterocycles. The zero-order chi connectivity index (χ0) is 12.5. The van der Waals surface area contributed by atoms with Gasteiger partial charge in [-0.3, -0.25) is 9.69 Å². The number of rotatable bonds is 3. The minimum Gasteiger partial charge on any atom is -0.379 e. The number of Topliss-reactive ketones (excluding diaryl/α,β-unsaturated/α-hetero) is 1. The highest BCUT2D eigenvalue weighted by Gasteiger charge is 2.36. The summed E-state index contributed by atoms with van der Waals surface area (Å²) < 4.78 is 5.33. The van der Waals surface area contributed by atoms with Gasteiger partial charge in [-0.25, -0.2) is 0 Å². The van der Waals surface area contributed by atoms with Gasteiger partial charge in [-0.15, -0.1) is 11.3 Å². The number of thiophene rings is 1. The van der Waals surface area contributed by atoms with Crippen LogP contribution in [0.4, 0.5) is 0 Å². The van der Waals surface area contributed by atoms with Gasteiger partial charge in [0.1, 0.15) is 0 Å². The fraction of sp³-hybridized carbons (Fsp3) is 0.615. The van der Waals surface area contributed by atoms with Gasteiger partial charge in [0.15, 0.2) is 5.78 Å². The number of carbonyl (C=O) groups excluding carboxylic acids is 1. The molecule has 1 aromatic heterocycles. The van der Waals surface area contributed by atoms with E-state index in [0.717, 1.165) is 36.7 Å². The molecule has 0 N–H and O–H groups in total. The van der Waals surface area contributed by atoms with Crippen LogP contribution in [0.15, 0.2) is 11.4 Å². The quantitative estimate of drug-likeness (QED) is 0.774. The average Bonchev–Trinajstić information content (AvgIpc) is 2.76. The summed E-state index contributed by atoms with van der Waals surface area (Å²) in [4.78, 5) is 15.6. The molecule has 2 heterocycles. The maximum atomic E-state index is 12.5. The molecule has 0 amide bonds. The summed E-state index contributed by atoms with van der Waals surface area (Å²) in [5, 5.41) is 2.03. The molecule has 4 heteroatoms. The van der Waals surface area contributed by atoms with Crippen molar-refractivity contribution in [3.63, 3.8) is 0 Å². The van der Waals surface area contributed by atoms with Crippen LogP contribution in [0.5, 0.6) is 0 Å². The molecule has 0 aromatic carbocycles. The summed E-state index contributed by atoms with van der Waals surface area (Å²) in [6.45, 7) is 9.16. The number of nitrogens with zero attached hydrogens (tertiary/aromatic N) is 1. The van der Waals surface area contributed by atoms with E-state index < -0.39 is 5.54 Å². The standard InChI is InChI=1S/C13H19NO2S/c1-10-8-11(17-9-10)12(15)13(2,3)14-4-6-16-7-5-14/h8-9H,4-7H2,1-3H3. The minimum atomic E-state index is -0.429. The van der Waals surface area contributed by atoms with Crippen molar-refractivity contribution < 1.29 is 9.53 Å². The predicted molar refractivity (Wildman–Crippen MR) is 69.9 cm³/mol. The van der Waals surface area contributed by atoms with E-state index in [4.69, 9.17) is 4.74 Å². The first-order valence-electron chi connectivity index (χ1n) is 5.94. The highest BCUT2D eigenvalue weighted by molar-refractivity contribution is 7.12. The van der Waals surface area contributed by atoms with Crippen LogP contribution in [-0.4, -0.2) is 42.5 Å². The van der Waals surface area contributed by atoms with Crippen LogP contribution >= 0.6 is 11.3 Å². The normalized spacial score (nSPS) is 18.3. The van der Waals surface area contributed by atoms with Crippen molar-refractivity contribution in [2.75, 3.05) is 26.3 Å². The van der Waals surface area contributed by atoms with Crippen molar-refractivity contribution in [1.82, 2.24) is 4.90 Å². The van der Waals surface area contributed by atoms with E-state index in [1.807, 2.05) is 32.2 Å². The number of aryl methyl sites for hydroxylation is 1. The molecule has 17 heavy (non-hydrogen) atoms. The molecule has 0 saturated carbocycles. The highest BCUT2D eigenvalue weighted by atomic mass is 32.1. The summed E-state index contributed by atoms with van der Waals surface area (Å²) in [6.07, 6.45) is 0. The van der Waals surface area contributed by atoms with Crippen molar-refractivity contribution in [3.05, 3.63) is 21.9 Å². The molecule has 1 saturated heterocycles. The van der Waals surface area contributed by atoms with E-state index in [9.17, 15) is 4.79 Å². The van der Waals surface area contributed by atoms with Gasteiger partial charge in [-0.2, -0.15) is 0 Å². The van der Waals surface area contributed by atoms with E-state index in [1.165, 1.54) is 0 Å². The third kappa shape index (κ3) is 2.59. The van der Waals surface area contributed by atoms with Gasteiger partial charge >= 0.3 is 0 Å². The topological polar surface area (TPSA) is 29.5 Å². The van der Waals surface area contributed by atoms with Crippen molar-refractivity contribution in [2.45, 2.75) is 26.3 Å². The maximum absolute atomic E-state index is 12.5. The lowest BCUT2D eigenvalue weighted by atomic mass is 9.94. The molecule has 0 unspecified atom stereocenters. The Hall–Kier alpha value is -0.710. The number of ketones is 1. The molecule has 1 fully saturated rings. The molecular weight excluding hydrogens is 234 g/mol. The average molecular weight is 253 g/mol. The number of carbonyl (C=O) groups is 1. The summed E-state index contributed by atoms with van der Waals surface area (Å²) in [7, 11) is 0. The highest BCUT2D eigenvalue weighted by Crippen LogP contribution is 2.25. The van der Waals surface area contributed by atoms with Gasteiger partial charge < -0.3 is 4.74 Å². The fourth-order valence-corrected chi connectivity index (χ4v) is 3.11. The maximum Gasteiger partial charge on any atom is 0.192 e. The zero-order valence-electron chi connectivity index (χ0n) is 10.7. The van der Waals surface area contributed by atoms with Gasteiger partial charge in [0, 0.05) is 13.1 Å². The second-order valence-electron chi connectivity index (χ2n) is 4.98. The summed E-state index contributed by atoms with van der Waals surface area (Å²) in [5.41, 5.74) is 0.734. The largest absolute Gasteiger partial charge is 0.379 e. The summed E-state index contributed by atoms with van der Waals surface area (Å²) in [5.74, 6) is 0.220. The Morgan fingerprint density at radius 1 is 1.41 bits per heavy atom. The third-order valence-electron chi connectivity index (χ3n) is 3.31. The molecule has 0 aliphatic carbocycles. The van der Waals surface area contributed by atoms with Crippen LogP contribution in [-0.2, 0) is 4.74 Å². The molecule has 0 bridgehead atoms. The van der Waals surface area contributed by atoms with E-state index in [1.54, 1.807) is 11.3 Å². The van der Waals surface area contributed by atoms with Crippen LogP contribution in [0.3, 0.4) is 0 Å². The lowest BCUT2D eigenvalue weighted by Gasteiger charge is -2.39. The second kappa shape index (κ2) is 4.88. The van der Waals surface area contributed by atoms with Gasteiger partial charge in [0.25, 0.3) is 0 Å². The second-order valence-corrected chi connectivity index (χ2v) is 5.89. The molecule has 0 spiro atoms. The lowest BCUT2D eigenvalue weighted by Crippen LogP contribution is -2.54. The third-order valence-corrected chi connectivity index (χ3v) is 4.36. The smallest absolute Gasteiger partial charge is 0.192 e. The Morgan fingerprint density at radius 2 is 2.06 bits per heavy atom. The first-order chi connectivity index (χ1) is 8.01. The monoisotopic (exact) mass is 253 g/mol. The summed E-state index contributed by atoms with van der Waals surface area (Å²) in [6, 6.07) is 1.98. The number of ether oxygens (including phenoxy) is 1. The fourth-order valence-electron chi connectivity index (χ4n) is 2.12. The molecule has 2 rings (SSSR count). The van der Waals surface area contributed by atoms with Crippen LogP contribution in [0.2, 0.25) is 0 Å². The van der Waals surface area contributed by atoms with Gasteiger partial charge in [-0.1, -0.05) is 0 Å². The molecule has 0 radical (unpaired) electrons. The Kier molecular flexibility index (Phi) is 3.66. The Bertz CT molecular complexity index is 405. The SMILES string of the molecule is Cc1csc(C(=O)C(C)(C)N2CCOCC2)c1. The predicted octanol–water partition coefficient (Wildman–Crippen LogP) is 2.35. The summed E-state index contributed by atoms with van der Waals surface area (Å²) >= 11 is 1.54. The number of hydrogen-bond acceptors (Lipinski definition) is 4. The molecule has 1 aliphatic rings. The van der Waals surface area contributed by atoms with E-state index >= 15 is 0 Å². The minimum absolute atomic E-state index is 0.220. The van der Waals surface area contributed by atoms with Crippen LogP contribution in [0.1, 0.15) is 29.1 Å². The van der Waals surface area contributed by atoms with E-state index in [0.29, 0.717) is 0 Å². The Morgan fingerprint density at radius 3 is 2.59 bits per heavy atom. The first-order valence-corrected chi connectivity index (χ1v) is 6.82. The van der Waals surface area contributed by atoms with Crippen molar-refractivity contribution >= 4 is 17.1 Å². The molecule has 1 aromatic rings. The van der Waals surface area contributed by atoms with Crippen LogP contribution < -0.4 is 0 Å². The van der Waals surface area contributed by atoms with Gasteiger partial charge in [-0.05, 0) is 37.8 Å². The Labute approximate surface area is 106 Å². The van der Waals surface area contributed by atoms with Crippen molar-refractivity contribution in [1.29, 1.82) is 0 Å². The first kappa shape index (κ1) is 12.7. The van der Waals surface area contributed by atoms with E-state index in [2.05, 4.69) is 4.90 Å². The molecular formula is C13H19NO2S. The van der Waals surface area contributed by atoms with Crippen LogP contribution in [0, 0.1) is 6.92 Å². The zero-order valence-corrected chi connectivity index (χ0v) is 11.5. The molecule has 3 nitrogen and oxygen atoms in total. The lowest BCUT2D eigenvalue weighted by molar-refractivity contribution is -0.00414. The van der Waals surface area contributed by atoms with E-state index in [-0.39, 0.29) is 5.78 Å². The molecule has 94 valence electrons. The molecule has 0 atom stereocenters. The number of hydrogen-bond donors (Lipinski definition) is 0. The van der Waals surface area contributed by atoms with Crippen molar-refractivity contribution in [3.8, 4) is 0 Å².